The van der Waals surface area contributed by atoms with E-state index in [-0.39, 0.29) is 6.61 Å². The van der Waals surface area contributed by atoms with Gasteiger partial charge < -0.3 is 24.8 Å². The molecule has 19 heavy (non-hydrogen) atoms. The predicted octanol–water partition coefficient (Wildman–Crippen LogP) is 0.621. The van der Waals surface area contributed by atoms with Crippen molar-refractivity contribution in [3.8, 4) is 0 Å². The van der Waals surface area contributed by atoms with Gasteiger partial charge in [0.2, 0.25) is 0 Å². The van der Waals surface area contributed by atoms with E-state index in [1.807, 2.05) is 0 Å². The molecule has 112 valence electrons. The first-order valence-electron chi connectivity index (χ1n) is 7.05. The Hall–Kier alpha value is -0.460. The topological polar surface area (TPSA) is 79.2 Å². The van der Waals surface area contributed by atoms with E-state index < -0.39 is 31.0 Å². The molecule has 0 aliphatic carbocycles. The number of allylic oxidation sites excluding steroid dienone is 2. The third-order valence-electron chi connectivity index (χ3n) is 3.24. The minimum absolute atomic E-state index is 0.263. The number of hydrogen-bond donors (Lipinski definition) is 3. The van der Waals surface area contributed by atoms with Crippen molar-refractivity contribution in [1.29, 1.82) is 0 Å². The van der Waals surface area contributed by atoms with Crippen molar-refractivity contribution in [3.05, 3.63) is 12.2 Å². The lowest BCUT2D eigenvalue weighted by Gasteiger charge is -2.20. The van der Waals surface area contributed by atoms with Crippen molar-refractivity contribution in [2.24, 2.45) is 0 Å². The molecule has 0 saturated carbocycles. The molecule has 0 aromatic carbocycles. The van der Waals surface area contributed by atoms with Crippen LogP contribution in [0.25, 0.3) is 0 Å². The van der Waals surface area contributed by atoms with Crippen LogP contribution in [-0.4, -0.2) is 59.6 Å². The van der Waals surface area contributed by atoms with E-state index in [1.54, 1.807) is 0 Å². The normalized spacial score (nSPS) is 29.2. The molecule has 3 N–H and O–H groups in total. The van der Waals surface area contributed by atoms with E-state index in [1.165, 1.54) is 0 Å². The summed E-state index contributed by atoms with van der Waals surface area (Å²) in [5.41, 5.74) is 0. The number of ether oxygens (including phenoxy) is 2. The maximum atomic E-state index is 9.89. The minimum atomic E-state index is -1.05. The number of aliphatic hydroxyl groups excluding tert-OH is 3. The third-order valence-corrected chi connectivity index (χ3v) is 3.24. The Morgan fingerprint density at radius 2 is 2.16 bits per heavy atom. The van der Waals surface area contributed by atoms with Gasteiger partial charge in [0.05, 0.1) is 13.2 Å². The highest BCUT2D eigenvalue weighted by molar-refractivity contribution is 4.88. The lowest BCUT2D eigenvalue weighted by molar-refractivity contribution is -0.0730. The van der Waals surface area contributed by atoms with Crippen LogP contribution < -0.4 is 0 Å². The van der Waals surface area contributed by atoms with Crippen LogP contribution in [0.1, 0.15) is 32.6 Å². The van der Waals surface area contributed by atoms with Crippen LogP contribution in [0.2, 0.25) is 0 Å². The fourth-order valence-electron chi connectivity index (χ4n) is 2.09. The monoisotopic (exact) mass is 274 g/mol. The molecule has 0 amide bonds. The molecule has 5 nitrogen and oxygen atoms in total. The van der Waals surface area contributed by atoms with Gasteiger partial charge in [-0.05, 0) is 25.7 Å². The summed E-state index contributed by atoms with van der Waals surface area (Å²) < 4.78 is 10.8. The van der Waals surface area contributed by atoms with E-state index in [0.717, 1.165) is 25.7 Å². The zero-order chi connectivity index (χ0) is 14.1. The zero-order valence-corrected chi connectivity index (χ0v) is 11.6. The standard InChI is InChI=1S/C14H26O5/c1-2-3-4-5-6-7-8-18-12-10-19-14(13(12)17)11(16)9-15/h3-4,11-17H,2,5-10H2,1H3/b4-3+/t11-,12+,13+,14+/m1/s1. The van der Waals surface area contributed by atoms with Crippen LogP contribution in [0.3, 0.4) is 0 Å². The fourth-order valence-corrected chi connectivity index (χ4v) is 2.09. The number of aliphatic hydroxyl groups is 3. The summed E-state index contributed by atoms with van der Waals surface area (Å²) in [5, 5.41) is 28.2. The SMILES string of the molecule is CC/C=C/CCCCO[C@H]1CO[C@@H]([C@H](O)CO)[C@H]1O. The van der Waals surface area contributed by atoms with Gasteiger partial charge in [0.25, 0.3) is 0 Å². The van der Waals surface area contributed by atoms with Gasteiger partial charge in [-0.1, -0.05) is 19.1 Å². The van der Waals surface area contributed by atoms with Crippen molar-refractivity contribution in [2.45, 2.75) is 57.0 Å². The Labute approximate surface area is 114 Å². The average molecular weight is 274 g/mol. The smallest absolute Gasteiger partial charge is 0.114 e. The van der Waals surface area contributed by atoms with E-state index in [2.05, 4.69) is 19.1 Å². The Balaban J connectivity index is 2.12. The lowest BCUT2D eigenvalue weighted by atomic mass is 10.1. The van der Waals surface area contributed by atoms with E-state index in [4.69, 9.17) is 14.6 Å². The zero-order valence-electron chi connectivity index (χ0n) is 11.6. The maximum Gasteiger partial charge on any atom is 0.114 e. The van der Waals surface area contributed by atoms with Gasteiger partial charge in [-0.3, -0.25) is 0 Å². The van der Waals surface area contributed by atoms with Gasteiger partial charge >= 0.3 is 0 Å². The van der Waals surface area contributed by atoms with Crippen LogP contribution >= 0.6 is 0 Å². The van der Waals surface area contributed by atoms with Gasteiger partial charge in [0.15, 0.2) is 0 Å². The highest BCUT2D eigenvalue weighted by Crippen LogP contribution is 2.20. The molecule has 0 aromatic heterocycles. The second-order valence-corrected chi connectivity index (χ2v) is 4.82. The first-order valence-corrected chi connectivity index (χ1v) is 7.05. The summed E-state index contributed by atoms with van der Waals surface area (Å²) in [6, 6.07) is 0. The van der Waals surface area contributed by atoms with E-state index >= 15 is 0 Å². The molecule has 0 aromatic rings. The molecule has 1 aliphatic heterocycles. The molecule has 1 aliphatic rings. The summed E-state index contributed by atoms with van der Waals surface area (Å²) in [6.45, 7) is 2.53. The van der Waals surface area contributed by atoms with Gasteiger partial charge in [0.1, 0.15) is 24.4 Å². The van der Waals surface area contributed by atoms with Crippen LogP contribution in [0.5, 0.6) is 0 Å². The van der Waals surface area contributed by atoms with Crippen LogP contribution in [-0.2, 0) is 9.47 Å². The Bertz CT molecular complexity index is 256. The van der Waals surface area contributed by atoms with Crippen molar-refractivity contribution in [1.82, 2.24) is 0 Å². The van der Waals surface area contributed by atoms with Crippen LogP contribution in [0.4, 0.5) is 0 Å². The lowest BCUT2D eigenvalue weighted by Crippen LogP contribution is -2.41. The maximum absolute atomic E-state index is 9.89. The van der Waals surface area contributed by atoms with Crippen molar-refractivity contribution < 1.29 is 24.8 Å². The Morgan fingerprint density at radius 1 is 1.37 bits per heavy atom. The van der Waals surface area contributed by atoms with Gasteiger partial charge in [0, 0.05) is 6.61 Å². The number of unbranched alkanes of at least 4 members (excludes halogenated alkanes) is 2. The van der Waals surface area contributed by atoms with Gasteiger partial charge in [-0.25, -0.2) is 0 Å². The minimum Gasteiger partial charge on any atom is -0.394 e. The second kappa shape index (κ2) is 9.44. The van der Waals surface area contributed by atoms with Crippen molar-refractivity contribution in [3.63, 3.8) is 0 Å². The molecule has 4 atom stereocenters. The molecule has 1 heterocycles. The van der Waals surface area contributed by atoms with Crippen LogP contribution in [0.15, 0.2) is 12.2 Å². The summed E-state index contributed by atoms with van der Waals surface area (Å²) in [5.74, 6) is 0. The molecule has 0 radical (unpaired) electrons. The highest BCUT2D eigenvalue weighted by Gasteiger charge is 2.40. The van der Waals surface area contributed by atoms with Crippen LogP contribution in [0, 0.1) is 0 Å². The van der Waals surface area contributed by atoms with E-state index in [0.29, 0.717) is 6.61 Å². The number of rotatable bonds is 9. The quantitative estimate of drug-likeness (QED) is 0.424. The van der Waals surface area contributed by atoms with E-state index in [9.17, 15) is 10.2 Å². The summed E-state index contributed by atoms with van der Waals surface area (Å²) in [7, 11) is 0. The summed E-state index contributed by atoms with van der Waals surface area (Å²) >= 11 is 0. The molecular weight excluding hydrogens is 248 g/mol. The molecular formula is C14H26O5. The fraction of sp³-hybridized carbons (Fsp3) is 0.857. The summed E-state index contributed by atoms with van der Waals surface area (Å²) in [4.78, 5) is 0. The molecule has 5 heteroatoms. The molecule has 1 rings (SSSR count). The second-order valence-electron chi connectivity index (χ2n) is 4.82. The first-order chi connectivity index (χ1) is 9.20. The molecule has 0 bridgehead atoms. The molecule has 0 unspecified atom stereocenters. The van der Waals surface area contributed by atoms with Gasteiger partial charge in [-0.2, -0.15) is 0 Å². The molecule has 0 spiro atoms. The summed E-state index contributed by atoms with van der Waals surface area (Å²) in [6.07, 6.45) is 5.35. The molecule has 1 saturated heterocycles. The van der Waals surface area contributed by atoms with Gasteiger partial charge in [-0.15, -0.1) is 0 Å². The number of hydrogen-bond acceptors (Lipinski definition) is 5. The Morgan fingerprint density at radius 3 is 2.84 bits per heavy atom. The Kier molecular flexibility index (Phi) is 8.25. The predicted molar refractivity (Wildman–Crippen MR) is 71.9 cm³/mol. The molecule has 1 fully saturated rings. The highest BCUT2D eigenvalue weighted by atomic mass is 16.6. The largest absolute Gasteiger partial charge is 0.394 e. The first kappa shape index (κ1) is 16.6. The van der Waals surface area contributed by atoms with Crippen molar-refractivity contribution >= 4 is 0 Å². The third kappa shape index (κ3) is 5.58. The average Bonchev–Trinajstić information content (AvgIpc) is 2.78. The van der Waals surface area contributed by atoms with Crippen molar-refractivity contribution in [2.75, 3.05) is 19.8 Å².